The molecule has 0 radical (unpaired) electrons. The summed E-state index contributed by atoms with van der Waals surface area (Å²) >= 11 is 6.05. The third-order valence-corrected chi connectivity index (χ3v) is 6.63. The highest BCUT2D eigenvalue weighted by atomic mass is 35.5. The topological polar surface area (TPSA) is 66.5 Å². The number of benzene rings is 3. The Kier molecular flexibility index (Phi) is 8.16. The fraction of sp³-hybridized carbons (Fsp3) is 0.269. The summed E-state index contributed by atoms with van der Waals surface area (Å²) in [5.74, 6) is 0.261. The van der Waals surface area contributed by atoms with Gasteiger partial charge in [-0.15, -0.1) is 0 Å². The Labute approximate surface area is 201 Å². The van der Waals surface area contributed by atoms with Gasteiger partial charge in [0.15, 0.2) is 0 Å². The second kappa shape index (κ2) is 10.9. The van der Waals surface area contributed by atoms with E-state index in [0.29, 0.717) is 22.2 Å². The van der Waals surface area contributed by atoms with Gasteiger partial charge < -0.3 is 5.32 Å². The van der Waals surface area contributed by atoms with Gasteiger partial charge >= 0.3 is 0 Å². The van der Waals surface area contributed by atoms with Gasteiger partial charge in [0.2, 0.25) is 10.0 Å². The summed E-state index contributed by atoms with van der Waals surface area (Å²) in [6, 6.07) is 23.6. The third-order valence-electron chi connectivity index (χ3n) is 5.25. The zero-order chi connectivity index (χ0) is 24.0. The van der Waals surface area contributed by atoms with Gasteiger partial charge in [-0.3, -0.25) is 9.10 Å². The first-order chi connectivity index (χ1) is 15.6. The van der Waals surface area contributed by atoms with Crippen molar-refractivity contribution in [2.45, 2.75) is 32.9 Å². The summed E-state index contributed by atoms with van der Waals surface area (Å²) in [5, 5.41) is 3.60. The van der Waals surface area contributed by atoms with Crippen molar-refractivity contribution in [3.05, 3.63) is 101 Å². The molecule has 7 heteroatoms. The monoisotopic (exact) mass is 484 g/mol. The molecule has 0 saturated carbocycles. The van der Waals surface area contributed by atoms with Gasteiger partial charge in [-0.05, 0) is 53.8 Å². The molecule has 0 aliphatic rings. The maximum absolute atomic E-state index is 12.9. The average molecular weight is 485 g/mol. The largest absolute Gasteiger partial charge is 0.345 e. The van der Waals surface area contributed by atoms with Gasteiger partial charge in [0.25, 0.3) is 5.91 Å². The zero-order valence-electron chi connectivity index (χ0n) is 19.0. The van der Waals surface area contributed by atoms with Crippen molar-refractivity contribution < 1.29 is 13.2 Å². The van der Waals surface area contributed by atoms with E-state index >= 15 is 0 Å². The van der Waals surface area contributed by atoms with Crippen LogP contribution < -0.4 is 9.62 Å². The lowest BCUT2D eigenvalue weighted by molar-refractivity contribution is 0.0932. The quantitative estimate of drug-likeness (QED) is 0.416. The molecule has 174 valence electrons. The molecule has 0 spiro atoms. The van der Waals surface area contributed by atoms with E-state index < -0.39 is 10.0 Å². The van der Waals surface area contributed by atoms with Crippen molar-refractivity contribution in [3.8, 4) is 0 Å². The number of amides is 1. The summed E-state index contributed by atoms with van der Waals surface area (Å²) < 4.78 is 26.1. The minimum atomic E-state index is -3.52. The Hall–Kier alpha value is -2.83. The number of hydrogen-bond donors (Lipinski definition) is 1. The van der Waals surface area contributed by atoms with Gasteiger partial charge in [0.1, 0.15) is 0 Å². The van der Waals surface area contributed by atoms with E-state index in [9.17, 15) is 13.2 Å². The number of rotatable bonds is 9. The van der Waals surface area contributed by atoms with E-state index in [4.69, 9.17) is 11.6 Å². The molecule has 0 aliphatic heterocycles. The summed E-state index contributed by atoms with van der Waals surface area (Å²) in [7, 11) is -3.52. The van der Waals surface area contributed by atoms with Crippen LogP contribution in [0.25, 0.3) is 0 Å². The third kappa shape index (κ3) is 7.07. The molecule has 1 amide bonds. The smallest absolute Gasteiger partial charge is 0.251 e. The molecule has 0 fully saturated rings. The van der Waals surface area contributed by atoms with Crippen molar-refractivity contribution in [2.75, 3.05) is 10.6 Å². The van der Waals surface area contributed by atoms with Crippen molar-refractivity contribution in [3.63, 3.8) is 0 Å². The molecule has 1 N–H and O–H groups in total. The van der Waals surface area contributed by atoms with Crippen molar-refractivity contribution in [1.82, 2.24) is 5.32 Å². The number of nitrogens with zero attached hydrogens (tertiary/aromatic N) is 1. The fourth-order valence-corrected chi connectivity index (χ4v) is 4.70. The number of nitrogens with one attached hydrogen (secondary N) is 1. The van der Waals surface area contributed by atoms with Crippen LogP contribution in [0.2, 0.25) is 5.02 Å². The minimum absolute atomic E-state index is 0.0815. The van der Waals surface area contributed by atoms with Crippen LogP contribution >= 0.6 is 11.6 Å². The highest BCUT2D eigenvalue weighted by Crippen LogP contribution is 2.25. The summed E-state index contributed by atoms with van der Waals surface area (Å²) in [4.78, 5) is 12.9. The van der Waals surface area contributed by atoms with E-state index in [1.165, 1.54) is 4.31 Å². The number of sulfonamides is 1. The van der Waals surface area contributed by atoms with Gasteiger partial charge in [-0.2, -0.15) is 0 Å². The summed E-state index contributed by atoms with van der Waals surface area (Å²) in [6.45, 7) is 4.40. The Balaban J connectivity index is 1.76. The predicted molar refractivity (Wildman–Crippen MR) is 135 cm³/mol. The molecule has 5 nitrogen and oxygen atoms in total. The van der Waals surface area contributed by atoms with E-state index in [0.717, 1.165) is 23.8 Å². The lowest BCUT2D eigenvalue weighted by atomic mass is 9.96. The van der Waals surface area contributed by atoms with Gasteiger partial charge in [0.05, 0.1) is 24.5 Å². The maximum Gasteiger partial charge on any atom is 0.251 e. The van der Waals surface area contributed by atoms with Crippen LogP contribution in [0.4, 0.5) is 5.69 Å². The van der Waals surface area contributed by atoms with Gasteiger partial charge in [-0.25, -0.2) is 8.42 Å². The average Bonchev–Trinajstić information content (AvgIpc) is 2.77. The van der Waals surface area contributed by atoms with E-state index in [1.54, 1.807) is 48.5 Å². The zero-order valence-corrected chi connectivity index (χ0v) is 20.6. The minimum Gasteiger partial charge on any atom is -0.345 e. The number of halogens is 1. The Morgan fingerprint density at radius 1 is 0.970 bits per heavy atom. The van der Waals surface area contributed by atoms with E-state index in [2.05, 4.69) is 19.2 Å². The lowest BCUT2D eigenvalue weighted by Gasteiger charge is -2.23. The second-order valence-corrected chi connectivity index (χ2v) is 10.9. The molecule has 3 aromatic carbocycles. The molecule has 0 aromatic heterocycles. The highest BCUT2D eigenvalue weighted by Gasteiger charge is 2.20. The van der Waals surface area contributed by atoms with Crippen LogP contribution in [0, 0.1) is 5.92 Å². The Morgan fingerprint density at radius 2 is 1.64 bits per heavy atom. The molecular formula is C26H29ClN2O3S. The molecule has 1 atom stereocenters. The normalized spacial score (nSPS) is 12.4. The first-order valence-corrected chi connectivity index (χ1v) is 13.0. The first-order valence-electron chi connectivity index (χ1n) is 10.8. The first kappa shape index (κ1) is 24.8. The molecule has 3 aromatic rings. The van der Waals surface area contributed by atoms with Crippen LogP contribution in [0.15, 0.2) is 78.9 Å². The van der Waals surface area contributed by atoms with Gasteiger partial charge in [0, 0.05) is 10.6 Å². The summed E-state index contributed by atoms with van der Waals surface area (Å²) in [5.41, 5.74) is 2.85. The van der Waals surface area contributed by atoms with E-state index in [-0.39, 0.29) is 18.5 Å². The lowest BCUT2D eigenvalue weighted by Crippen LogP contribution is -2.30. The Bertz CT molecular complexity index is 1180. The molecular weight excluding hydrogens is 456 g/mol. The SMILES string of the molecule is CC(C)C[C@@H](NC(=O)c1ccc(CN(c2cccc(Cl)c2)S(C)(=O)=O)cc1)c1ccccc1. The standard InChI is InChI=1S/C26H29ClN2O3S/c1-19(2)16-25(21-8-5-4-6-9-21)28-26(30)22-14-12-20(13-15-22)18-29(33(3,31)32)24-11-7-10-23(27)17-24/h4-15,17,19,25H,16,18H2,1-3H3,(H,28,30)/t25-/m1/s1. The number of anilines is 1. The summed E-state index contributed by atoms with van der Waals surface area (Å²) in [6.07, 6.45) is 1.99. The molecule has 0 heterocycles. The molecule has 3 rings (SSSR count). The van der Waals surface area contributed by atoms with Crippen molar-refractivity contribution in [1.29, 1.82) is 0 Å². The molecule has 0 aliphatic carbocycles. The highest BCUT2D eigenvalue weighted by molar-refractivity contribution is 7.92. The predicted octanol–water partition coefficient (Wildman–Crippen LogP) is 5.82. The molecule has 0 saturated heterocycles. The Morgan fingerprint density at radius 3 is 2.21 bits per heavy atom. The number of carbonyl (C=O) groups is 1. The van der Waals surface area contributed by atoms with Crippen LogP contribution in [0.3, 0.4) is 0 Å². The molecule has 0 unspecified atom stereocenters. The molecule has 0 bridgehead atoms. The number of hydrogen-bond acceptors (Lipinski definition) is 3. The fourth-order valence-electron chi connectivity index (χ4n) is 3.64. The van der Waals surface area contributed by atoms with Crippen LogP contribution in [0.1, 0.15) is 47.8 Å². The van der Waals surface area contributed by atoms with Crippen LogP contribution in [-0.2, 0) is 16.6 Å². The van der Waals surface area contributed by atoms with Crippen LogP contribution in [-0.4, -0.2) is 20.6 Å². The van der Waals surface area contributed by atoms with Crippen molar-refractivity contribution in [2.24, 2.45) is 5.92 Å². The number of carbonyl (C=O) groups excluding carboxylic acids is 1. The van der Waals surface area contributed by atoms with Crippen LogP contribution in [0.5, 0.6) is 0 Å². The second-order valence-electron chi connectivity index (χ2n) is 8.51. The van der Waals surface area contributed by atoms with E-state index in [1.807, 2.05) is 30.3 Å². The maximum atomic E-state index is 12.9. The van der Waals surface area contributed by atoms with Gasteiger partial charge in [-0.1, -0.05) is 74.0 Å². The van der Waals surface area contributed by atoms with Crippen molar-refractivity contribution >= 4 is 33.2 Å². The molecule has 33 heavy (non-hydrogen) atoms.